The third-order valence-corrected chi connectivity index (χ3v) is 7.26. The molecule has 4 heteroatoms. The zero-order valence-corrected chi connectivity index (χ0v) is 15.9. The second-order valence-electron chi connectivity index (χ2n) is 8.68. The minimum absolute atomic E-state index is 0.0342. The van der Waals surface area contributed by atoms with Gasteiger partial charge in [0.15, 0.2) is 6.10 Å². The topological polar surface area (TPSA) is 38.3 Å². The third-order valence-electron chi connectivity index (χ3n) is 7.01. The fourth-order valence-corrected chi connectivity index (χ4v) is 6.31. The monoisotopic (exact) mass is 361 g/mol. The highest BCUT2D eigenvalue weighted by molar-refractivity contribution is 6.30. The molecular formula is C21H28ClNO2. The van der Waals surface area contributed by atoms with E-state index in [2.05, 4.69) is 12.2 Å². The highest BCUT2D eigenvalue weighted by Crippen LogP contribution is 2.61. The highest BCUT2D eigenvalue weighted by atomic mass is 35.5. The summed E-state index contributed by atoms with van der Waals surface area (Å²) in [6.45, 7) is 2.21. The fourth-order valence-electron chi connectivity index (χ4n) is 6.18. The number of benzene rings is 1. The van der Waals surface area contributed by atoms with Crippen molar-refractivity contribution in [1.82, 2.24) is 5.32 Å². The zero-order valence-electron chi connectivity index (χ0n) is 15.1. The van der Waals surface area contributed by atoms with Crippen LogP contribution in [0.2, 0.25) is 5.02 Å². The Balaban J connectivity index is 1.47. The predicted octanol–water partition coefficient (Wildman–Crippen LogP) is 4.75. The van der Waals surface area contributed by atoms with Crippen molar-refractivity contribution in [3.63, 3.8) is 0 Å². The van der Waals surface area contributed by atoms with Gasteiger partial charge in [0.25, 0.3) is 5.91 Å². The molecule has 136 valence electrons. The number of hydrogen-bond donors (Lipinski definition) is 1. The van der Waals surface area contributed by atoms with Gasteiger partial charge in [0.1, 0.15) is 0 Å². The van der Waals surface area contributed by atoms with Crippen molar-refractivity contribution in [2.45, 2.75) is 57.6 Å². The summed E-state index contributed by atoms with van der Waals surface area (Å²) in [5, 5.41) is 3.97. The van der Waals surface area contributed by atoms with Crippen molar-refractivity contribution >= 4 is 17.5 Å². The van der Waals surface area contributed by atoms with Gasteiger partial charge in [-0.25, -0.2) is 0 Å². The molecule has 4 aliphatic carbocycles. The zero-order chi connectivity index (χ0) is 17.6. The van der Waals surface area contributed by atoms with E-state index in [-0.39, 0.29) is 11.9 Å². The predicted molar refractivity (Wildman–Crippen MR) is 99.4 cm³/mol. The average Bonchev–Trinajstić information content (AvgIpc) is 2.56. The summed E-state index contributed by atoms with van der Waals surface area (Å²) in [6.07, 6.45) is 7.56. The van der Waals surface area contributed by atoms with Gasteiger partial charge >= 0.3 is 0 Å². The van der Waals surface area contributed by atoms with Gasteiger partial charge in [-0.05, 0) is 86.3 Å². The molecule has 4 bridgehead atoms. The van der Waals surface area contributed by atoms with E-state index in [4.69, 9.17) is 16.3 Å². The van der Waals surface area contributed by atoms with Gasteiger partial charge in [-0.3, -0.25) is 4.79 Å². The lowest BCUT2D eigenvalue weighted by Gasteiger charge is -2.59. The van der Waals surface area contributed by atoms with Gasteiger partial charge in [0, 0.05) is 18.2 Å². The van der Waals surface area contributed by atoms with Gasteiger partial charge in [0.2, 0.25) is 0 Å². The largest absolute Gasteiger partial charge is 0.367 e. The summed E-state index contributed by atoms with van der Waals surface area (Å²) in [6, 6.07) is 7.55. The van der Waals surface area contributed by atoms with Crippen LogP contribution >= 0.6 is 11.6 Å². The normalized spacial score (nSPS) is 35.4. The molecule has 3 nitrogen and oxygen atoms in total. The third kappa shape index (κ3) is 3.21. The Bertz CT molecular complexity index is 607. The van der Waals surface area contributed by atoms with Crippen LogP contribution in [0.15, 0.2) is 24.3 Å². The van der Waals surface area contributed by atoms with Gasteiger partial charge < -0.3 is 10.1 Å². The van der Waals surface area contributed by atoms with E-state index in [1.54, 1.807) is 19.2 Å². The first-order valence-electron chi connectivity index (χ1n) is 9.58. The van der Waals surface area contributed by atoms with Crippen molar-refractivity contribution in [2.75, 3.05) is 7.11 Å². The first-order valence-corrected chi connectivity index (χ1v) is 9.95. The number of hydrogen-bond acceptors (Lipinski definition) is 2. The number of halogens is 1. The molecule has 2 atom stereocenters. The van der Waals surface area contributed by atoms with Crippen LogP contribution < -0.4 is 5.32 Å². The number of rotatable bonds is 5. The van der Waals surface area contributed by atoms with E-state index in [0.717, 1.165) is 23.3 Å². The summed E-state index contributed by atoms with van der Waals surface area (Å²) in [5.41, 5.74) is 1.16. The van der Waals surface area contributed by atoms with Crippen LogP contribution in [-0.2, 0) is 9.53 Å². The summed E-state index contributed by atoms with van der Waals surface area (Å²) in [5.74, 6) is 2.63. The molecule has 2 unspecified atom stereocenters. The van der Waals surface area contributed by atoms with Crippen LogP contribution in [0.4, 0.5) is 0 Å². The van der Waals surface area contributed by atoms with Gasteiger partial charge in [-0.2, -0.15) is 0 Å². The highest BCUT2D eigenvalue weighted by Gasteiger charge is 2.53. The van der Waals surface area contributed by atoms with Crippen LogP contribution in [0.25, 0.3) is 0 Å². The average molecular weight is 362 g/mol. The van der Waals surface area contributed by atoms with Gasteiger partial charge in [-0.1, -0.05) is 23.7 Å². The van der Waals surface area contributed by atoms with Crippen LogP contribution in [0.3, 0.4) is 0 Å². The van der Waals surface area contributed by atoms with Gasteiger partial charge in [-0.15, -0.1) is 0 Å². The molecule has 4 saturated carbocycles. The number of nitrogens with one attached hydrogen (secondary N) is 1. The maximum Gasteiger partial charge on any atom is 0.253 e. The van der Waals surface area contributed by atoms with Crippen LogP contribution in [0.5, 0.6) is 0 Å². The lowest BCUT2D eigenvalue weighted by molar-refractivity contribution is -0.136. The van der Waals surface area contributed by atoms with Crippen molar-refractivity contribution in [2.24, 2.45) is 23.2 Å². The van der Waals surface area contributed by atoms with E-state index >= 15 is 0 Å². The Labute approximate surface area is 155 Å². The maximum atomic E-state index is 12.9. The first-order chi connectivity index (χ1) is 12.0. The van der Waals surface area contributed by atoms with E-state index in [1.807, 2.05) is 12.1 Å². The molecule has 0 radical (unpaired) electrons. The molecule has 1 amide bonds. The summed E-state index contributed by atoms with van der Waals surface area (Å²) in [4.78, 5) is 12.9. The molecule has 5 rings (SSSR count). The molecule has 0 spiro atoms. The van der Waals surface area contributed by atoms with Crippen molar-refractivity contribution in [3.8, 4) is 0 Å². The van der Waals surface area contributed by atoms with E-state index < -0.39 is 6.10 Å². The fraction of sp³-hybridized carbons (Fsp3) is 0.667. The lowest BCUT2D eigenvalue weighted by atomic mass is 9.48. The molecule has 0 saturated heterocycles. The standard InChI is InChI=1S/C21H28ClNO2/c1-13(21-10-14-7-15(11-21)9-16(8-14)12-21)23-20(24)19(25-2)17-3-5-18(22)6-4-17/h3-6,13-16,19H,7-12H2,1-2H3,(H,23,24). The molecule has 4 aliphatic rings. The minimum atomic E-state index is -0.575. The van der Waals surface area contributed by atoms with Crippen molar-refractivity contribution < 1.29 is 9.53 Å². The van der Waals surface area contributed by atoms with Crippen molar-refractivity contribution in [3.05, 3.63) is 34.9 Å². The van der Waals surface area contributed by atoms with Crippen LogP contribution in [0, 0.1) is 23.2 Å². The quantitative estimate of drug-likeness (QED) is 0.821. The molecular weight excluding hydrogens is 334 g/mol. The molecule has 1 aromatic rings. The van der Waals surface area contributed by atoms with Gasteiger partial charge in [0.05, 0.1) is 0 Å². The van der Waals surface area contributed by atoms with E-state index in [9.17, 15) is 4.79 Å². The maximum absolute atomic E-state index is 12.9. The molecule has 0 aromatic heterocycles. The summed E-state index contributed by atoms with van der Waals surface area (Å²) >= 11 is 5.96. The number of methoxy groups -OCH3 is 1. The SMILES string of the molecule is COC(C(=O)NC(C)C12CC3CC(CC(C3)C1)C2)c1ccc(Cl)cc1. The molecule has 25 heavy (non-hydrogen) atoms. The number of ether oxygens (including phenoxy) is 1. The lowest BCUT2D eigenvalue weighted by Crippen LogP contribution is -2.56. The molecule has 1 aromatic carbocycles. The number of amides is 1. The first kappa shape index (κ1) is 17.4. The molecule has 1 N–H and O–H groups in total. The van der Waals surface area contributed by atoms with E-state index in [1.165, 1.54) is 38.5 Å². The Morgan fingerprint density at radius 3 is 2.12 bits per heavy atom. The minimum Gasteiger partial charge on any atom is -0.367 e. The second-order valence-corrected chi connectivity index (χ2v) is 9.11. The Morgan fingerprint density at radius 1 is 1.12 bits per heavy atom. The molecule has 0 aliphatic heterocycles. The van der Waals surface area contributed by atoms with Crippen LogP contribution in [0.1, 0.15) is 57.1 Å². The molecule has 4 fully saturated rings. The van der Waals surface area contributed by atoms with Crippen LogP contribution in [-0.4, -0.2) is 19.1 Å². The number of carbonyl (C=O) groups is 1. The summed E-state index contributed by atoms with van der Waals surface area (Å²) in [7, 11) is 1.59. The molecule has 0 heterocycles. The second kappa shape index (κ2) is 6.59. The number of carbonyl (C=O) groups excluding carboxylic acids is 1. The van der Waals surface area contributed by atoms with Crippen molar-refractivity contribution in [1.29, 1.82) is 0 Å². The Hall–Kier alpha value is -1.06. The summed E-state index contributed by atoms with van der Waals surface area (Å²) < 4.78 is 5.50. The Morgan fingerprint density at radius 2 is 1.64 bits per heavy atom. The smallest absolute Gasteiger partial charge is 0.253 e. The Kier molecular flexibility index (Phi) is 4.57. The van der Waals surface area contributed by atoms with E-state index in [0.29, 0.717) is 10.4 Å².